The number of carbonyl (C=O) groups is 3. The monoisotopic (exact) mass is 516 g/mol. The molecule has 37 heavy (non-hydrogen) atoms. The zero-order chi connectivity index (χ0) is 26.3. The second-order valence-corrected chi connectivity index (χ2v) is 8.49. The number of rotatable bonds is 16. The van der Waals surface area contributed by atoms with Crippen LogP contribution in [0.2, 0.25) is 0 Å². The predicted octanol–water partition coefficient (Wildman–Crippen LogP) is 0.752. The van der Waals surface area contributed by atoms with Crippen LogP contribution in [0, 0.1) is 5.92 Å². The van der Waals surface area contributed by atoms with Gasteiger partial charge < -0.3 is 30.2 Å². The van der Waals surface area contributed by atoms with Crippen LogP contribution in [-0.2, 0) is 28.6 Å². The quantitative estimate of drug-likeness (QED) is 0.187. The number of carbonyl (C=O) groups excluding carboxylic acids is 3. The van der Waals surface area contributed by atoms with Gasteiger partial charge in [-0.15, -0.1) is 0 Å². The van der Waals surface area contributed by atoms with Crippen LogP contribution in [0.5, 0.6) is 0 Å². The van der Waals surface area contributed by atoms with E-state index in [2.05, 4.69) is 57.9 Å². The van der Waals surface area contributed by atoms with Gasteiger partial charge >= 0.3 is 6.09 Å². The molecule has 0 bridgehead atoms. The van der Waals surface area contributed by atoms with Gasteiger partial charge in [0.2, 0.25) is 11.8 Å². The first-order valence-corrected chi connectivity index (χ1v) is 12.4. The van der Waals surface area contributed by atoms with Gasteiger partial charge in [0.05, 0.1) is 19.8 Å². The molecule has 0 aliphatic heterocycles. The maximum Gasteiger partial charge on any atom is 0.407 e. The first kappa shape index (κ1) is 28.3. The third kappa shape index (κ3) is 9.29. The molecule has 4 N–H and O–H groups in total. The number of fused-ring (bicyclic) bond motifs is 3. The fourth-order valence-corrected chi connectivity index (χ4v) is 4.35. The van der Waals surface area contributed by atoms with Crippen molar-refractivity contribution in [3.63, 3.8) is 0 Å². The minimum Gasteiger partial charge on any atom is -0.449 e. The molecule has 1 aromatic rings. The lowest BCUT2D eigenvalue weighted by Crippen LogP contribution is -2.38. The van der Waals surface area contributed by atoms with Gasteiger partial charge in [0, 0.05) is 38.5 Å². The Morgan fingerprint density at radius 1 is 0.811 bits per heavy atom. The van der Waals surface area contributed by atoms with Crippen LogP contribution in [0.4, 0.5) is 4.79 Å². The molecule has 2 aliphatic rings. The Morgan fingerprint density at radius 2 is 1.51 bits per heavy atom. The van der Waals surface area contributed by atoms with Crippen LogP contribution in [0.1, 0.15) is 23.0 Å². The van der Waals surface area contributed by atoms with Gasteiger partial charge in [-0.2, -0.15) is 0 Å². The highest BCUT2D eigenvalue weighted by atomic mass is 16.6. The van der Waals surface area contributed by atoms with Crippen molar-refractivity contribution in [2.45, 2.75) is 11.8 Å². The zero-order valence-corrected chi connectivity index (χ0v) is 21.1. The third-order valence-corrected chi connectivity index (χ3v) is 6.03. The second kappa shape index (κ2) is 15.8. The van der Waals surface area contributed by atoms with Crippen molar-refractivity contribution in [1.29, 1.82) is 0 Å². The SMILES string of the molecule is CNOCC(=O)NCCNC(=O)COCCOCCNC(=O)OCC1c2ccccc2C2C=CC=CC21. The largest absolute Gasteiger partial charge is 0.449 e. The maximum absolute atomic E-state index is 12.2. The number of hydroxylamine groups is 1. The fraction of sp³-hybridized carbons (Fsp3) is 0.500. The summed E-state index contributed by atoms with van der Waals surface area (Å²) >= 11 is 0. The Labute approximate surface area is 216 Å². The fourth-order valence-electron chi connectivity index (χ4n) is 4.35. The van der Waals surface area contributed by atoms with Crippen molar-refractivity contribution in [3.8, 4) is 0 Å². The number of benzene rings is 1. The van der Waals surface area contributed by atoms with Gasteiger partial charge in [-0.05, 0) is 17.0 Å². The number of allylic oxidation sites excluding steroid dienone is 4. The standard InChI is InChI=1S/C26H36N4O7/c1-27-37-18-25(32)29-11-10-28-24(31)17-35-15-14-34-13-12-30-26(33)36-16-23-21-8-4-2-6-19(21)20-7-3-5-9-22(20)23/h2-9,19,21,23,27H,10-18H2,1H3,(H,28,31)(H,29,32)(H,30,33). The Bertz CT molecular complexity index is 953. The van der Waals surface area contributed by atoms with Crippen LogP contribution < -0.4 is 21.4 Å². The van der Waals surface area contributed by atoms with Crippen molar-refractivity contribution >= 4 is 17.9 Å². The van der Waals surface area contributed by atoms with E-state index in [1.54, 1.807) is 7.05 Å². The summed E-state index contributed by atoms with van der Waals surface area (Å²) in [5, 5.41) is 7.91. The molecule has 3 atom stereocenters. The molecular formula is C26H36N4O7. The molecule has 0 saturated heterocycles. The van der Waals surface area contributed by atoms with E-state index in [0.29, 0.717) is 38.1 Å². The number of hydrogen-bond acceptors (Lipinski definition) is 8. The second-order valence-electron chi connectivity index (χ2n) is 8.49. The molecule has 0 fully saturated rings. The minimum atomic E-state index is -0.474. The molecule has 11 heteroatoms. The van der Waals surface area contributed by atoms with E-state index in [9.17, 15) is 14.4 Å². The summed E-state index contributed by atoms with van der Waals surface area (Å²) in [6, 6.07) is 8.33. The van der Waals surface area contributed by atoms with Crippen molar-refractivity contribution < 1.29 is 33.4 Å². The van der Waals surface area contributed by atoms with E-state index in [0.717, 1.165) is 0 Å². The minimum absolute atomic E-state index is 0.101. The van der Waals surface area contributed by atoms with Gasteiger partial charge in [0.15, 0.2) is 0 Å². The summed E-state index contributed by atoms with van der Waals surface area (Å²) in [4.78, 5) is 39.9. The number of ether oxygens (including phenoxy) is 3. The molecule has 0 aromatic heterocycles. The summed E-state index contributed by atoms with van der Waals surface area (Å²) in [5.41, 5.74) is 4.93. The summed E-state index contributed by atoms with van der Waals surface area (Å²) < 4.78 is 16.2. The zero-order valence-electron chi connectivity index (χ0n) is 21.1. The van der Waals surface area contributed by atoms with Crippen LogP contribution >= 0.6 is 0 Å². The van der Waals surface area contributed by atoms with Crippen LogP contribution in [-0.4, -0.2) is 84.2 Å². The molecular weight excluding hydrogens is 480 g/mol. The molecule has 0 heterocycles. The van der Waals surface area contributed by atoms with Gasteiger partial charge in [-0.25, -0.2) is 10.3 Å². The average Bonchev–Trinajstić information content (AvgIpc) is 3.24. The Hall–Kier alpha value is -3.25. The van der Waals surface area contributed by atoms with Gasteiger partial charge in [0.25, 0.3) is 0 Å². The smallest absolute Gasteiger partial charge is 0.407 e. The first-order valence-electron chi connectivity index (χ1n) is 12.4. The first-order chi connectivity index (χ1) is 18.1. The molecule has 3 amide bonds. The molecule has 2 aliphatic carbocycles. The van der Waals surface area contributed by atoms with Gasteiger partial charge in [-0.3, -0.25) is 14.4 Å². The molecule has 11 nitrogen and oxygen atoms in total. The van der Waals surface area contributed by atoms with Crippen molar-refractivity contribution in [2.75, 3.05) is 66.3 Å². The van der Waals surface area contributed by atoms with Crippen LogP contribution in [0.25, 0.3) is 0 Å². The van der Waals surface area contributed by atoms with Crippen LogP contribution in [0.15, 0.2) is 48.6 Å². The summed E-state index contributed by atoms with van der Waals surface area (Å²) in [7, 11) is 1.56. The highest BCUT2D eigenvalue weighted by Gasteiger charge is 2.39. The van der Waals surface area contributed by atoms with Crippen molar-refractivity contribution in [3.05, 3.63) is 59.7 Å². The van der Waals surface area contributed by atoms with Gasteiger partial charge in [-0.1, -0.05) is 48.6 Å². The lowest BCUT2D eigenvalue weighted by Gasteiger charge is -2.22. The van der Waals surface area contributed by atoms with E-state index in [1.165, 1.54) is 11.1 Å². The van der Waals surface area contributed by atoms with E-state index in [4.69, 9.17) is 19.0 Å². The number of alkyl carbamates (subject to hydrolysis) is 1. The molecule has 3 rings (SSSR count). The van der Waals surface area contributed by atoms with E-state index < -0.39 is 6.09 Å². The predicted molar refractivity (Wildman–Crippen MR) is 136 cm³/mol. The topological polar surface area (TPSA) is 136 Å². The Balaban J connectivity index is 1.17. The number of nitrogens with one attached hydrogen (secondary N) is 4. The molecule has 3 unspecified atom stereocenters. The summed E-state index contributed by atoms with van der Waals surface area (Å²) in [5.74, 6) is 0.185. The third-order valence-electron chi connectivity index (χ3n) is 6.03. The summed E-state index contributed by atoms with van der Waals surface area (Å²) in [6.07, 6.45) is 8.06. The van der Waals surface area contributed by atoms with E-state index >= 15 is 0 Å². The molecule has 0 spiro atoms. The highest BCUT2D eigenvalue weighted by molar-refractivity contribution is 5.78. The number of amides is 3. The highest BCUT2D eigenvalue weighted by Crippen LogP contribution is 2.49. The average molecular weight is 517 g/mol. The van der Waals surface area contributed by atoms with E-state index in [1.807, 2.05) is 12.1 Å². The van der Waals surface area contributed by atoms with Crippen molar-refractivity contribution in [2.24, 2.45) is 5.92 Å². The Kier molecular flexibility index (Phi) is 12.1. The van der Waals surface area contributed by atoms with Crippen LogP contribution in [0.3, 0.4) is 0 Å². The molecule has 0 saturated carbocycles. The lowest BCUT2D eigenvalue weighted by atomic mass is 9.84. The van der Waals surface area contributed by atoms with Crippen molar-refractivity contribution in [1.82, 2.24) is 21.4 Å². The lowest BCUT2D eigenvalue weighted by molar-refractivity contribution is -0.129. The summed E-state index contributed by atoms with van der Waals surface area (Å²) in [6.45, 7) is 1.81. The Morgan fingerprint density at radius 3 is 2.30 bits per heavy atom. The van der Waals surface area contributed by atoms with E-state index in [-0.39, 0.29) is 50.7 Å². The molecule has 0 radical (unpaired) electrons. The maximum atomic E-state index is 12.2. The normalized spacial score (nSPS) is 19.1. The van der Waals surface area contributed by atoms with Gasteiger partial charge in [0.1, 0.15) is 19.8 Å². The number of hydrogen-bond donors (Lipinski definition) is 4. The molecule has 202 valence electrons. The molecule has 1 aromatic carbocycles.